The van der Waals surface area contributed by atoms with Crippen LogP contribution in [0.25, 0.3) is 0 Å². The molecule has 0 aliphatic heterocycles. The molecule has 0 fully saturated rings. The summed E-state index contributed by atoms with van der Waals surface area (Å²) in [6.45, 7) is 34.9. The number of hydrogen-bond acceptors (Lipinski definition) is 25. The van der Waals surface area contributed by atoms with Gasteiger partial charge in [-0.1, -0.05) is 39.5 Å². The molecule has 0 radical (unpaired) electrons. The van der Waals surface area contributed by atoms with Crippen molar-refractivity contribution in [3.05, 3.63) is 72.9 Å². The maximum absolute atomic E-state index is 12.2. The highest BCUT2D eigenvalue weighted by atomic mass is 17.2. The van der Waals surface area contributed by atoms with Gasteiger partial charge in [-0.15, -0.1) is 0 Å². The molecule has 0 rings (SSSR count). The minimum atomic E-state index is -1.49. The van der Waals surface area contributed by atoms with Crippen molar-refractivity contribution >= 4 is 35.8 Å². The standard InChI is InChI=1S/C52H82O25/c1-33(2)45(53)72-39(13)19-60-66-27-51(28-67-61-20-40(14)73-46(54)34(3)4,29-68-62-21-41(15)74-47(55)35(5)6)25-59-26-52(30-69-63-22-42(16)75-48(56)36(7)8,31-70-64-23-43(17)76-49(57)37(9)10)32-71-65-24-44(18)77-50(58)38(11)12/h39-44H,1,3,5,7,9,11,19-32H2,2,4,6,8,10,12-18H3. The summed E-state index contributed by atoms with van der Waals surface area (Å²) >= 11 is 0. The molecule has 440 valence electrons. The summed E-state index contributed by atoms with van der Waals surface area (Å²) < 4.78 is 38.2. The summed E-state index contributed by atoms with van der Waals surface area (Å²) in [7, 11) is 0. The van der Waals surface area contributed by atoms with Crippen molar-refractivity contribution < 1.29 is 121 Å². The van der Waals surface area contributed by atoms with Gasteiger partial charge in [-0.2, -0.15) is 0 Å². The van der Waals surface area contributed by atoms with E-state index in [1.165, 1.54) is 41.5 Å². The van der Waals surface area contributed by atoms with Crippen LogP contribution in [0.3, 0.4) is 0 Å². The first-order valence-corrected chi connectivity index (χ1v) is 24.3. The molecule has 0 N–H and O–H groups in total. The Morgan fingerprint density at radius 1 is 0.273 bits per heavy atom. The fourth-order valence-corrected chi connectivity index (χ4v) is 4.75. The quantitative estimate of drug-likeness (QED) is 0.0176. The average molecular weight is 1110 g/mol. The molecule has 6 unspecified atom stereocenters. The summed E-state index contributed by atoms with van der Waals surface area (Å²) in [5, 5.41) is 0. The molecule has 0 spiro atoms. The Kier molecular flexibility index (Phi) is 36.5. The van der Waals surface area contributed by atoms with Gasteiger partial charge in [-0.05, 0) is 83.1 Å². The van der Waals surface area contributed by atoms with Crippen LogP contribution >= 0.6 is 0 Å². The molecular formula is C52H82O25. The minimum Gasteiger partial charge on any atom is -0.457 e. The molecule has 0 saturated heterocycles. The third kappa shape index (κ3) is 34.3. The van der Waals surface area contributed by atoms with Crippen LogP contribution in [0.1, 0.15) is 83.1 Å². The Morgan fingerprint density at radius 2 is 0.416 bits per heavy atom. The first kappa shape index (κ1) is 71.7. The smallest absolute Gasteiger partial charge is 0.333 e. The minimum absolute atomic E-state index is 0.161. The van der Waals surface area contributed by atoms with Crippen molar-refractivity contribution in [3.8, 4) is 0 Å². The molecule has 6 atom stereocenters. The van der Waals surface area contributed by atoms with Gasteiger partial charge in [0, 0.05) is 33.4 Å². The van der Waals surface area contributed by atoms with Crippen molar-refractivity contribution in [2.24, 2.45) is 10.8 Å². The Balaban J connectivity index is 7.17. The van der Waals surface area contributed by atoms with Crippen LogP contribution in [-0.2, 0) is 121 Å². The Hall–Kier alpha value is -5.26. The second-order valence-electron chi connectivity index (χ2n) is 18.8. The molecule has 25 heteroatoms. The van der Waals surface area contributed by atoms with E-state index in [1.54, 1.807) is 41.5 Å². The second-order valence-corrected chi connectivity index (χ2v) is 18.8. The highest BCUT2D eigenvalue weighted by molar-refractivity contribution is 5.89. The van der Waals surface area contributed by atoms with Crippen LogP contribution in [0.4, 0.5) is 0 Å². The Morgan fingerprint density at radius 3 is 0.545 bits per heavy atom. The number of carbonyl (C=O) groups is 6. The van der Waals surface area contributed by atoms with E-state index < -0.39 is 123 Å². The molecule has 0 aromatic rings. The van der Waals surface area contributed by atoms with Gasteiger partial charge >= 0.3 is 35.8 Å². The highest BCUT2D eigenvalue weighted by Gasteiger charge is 2.39. The average Bonchev–Trinajstić information content (AvgIpc) is 3.34. The summed E-state index contributed by atoms with van der Waals surface area (Å²) in [5.74, 6) is -3.94. The van der Waals surface area contributed by atoms with E-state index in [0.29, 0.717) is 0 Å². The second kappa shape index (κ2) is 39.2. The predicted molar refractivity (Wildman–Crippen MR) is 269 cm³/mol. The van der Waals surface area contributed by atoms with Crippen LogP contribution in [0.2, 0.25) is 0 Å². The maximum Gasteiger partial charge on any atom is 0.333 e. The molecule has 77 heavy (non-hydrogen) atoms. The van der Waals surface area contributed by atoms with Gasteiger partial charge in [0.2, 0.25) is 0 Å². The number of hydrogen-bond donors (Lipinski definition) is 0. The normalized spacial score (nSPS) is 15.1. The number of carbonyl (C=O) groups excluding carboxylic acids is 6. The van der Waals surface area contributed by atoms with Gasteiger partial charge in [0.25, 0.3) is 0 Å². The molecule has 0 aliphatic rings. The lowest BCUT2D eigenvalue weighted by atomic mass is 9.90. The number of esters is 6. The van der Waals surface area contributed by atoms with E-state index in [-0.39, 0.29) is 86.3 Å². The summed E-state index contributed by atoms with van der Waals surface area (Å²) in [5.41, 5.74) is -2.01. The summed E-state index contributed by atoms with van der Waals surface area (Å²) in [6, 6.07) is 0. The highest BCUT2D eigenvalue weighted by Crippen LogP contribution is 2.27. The third-order valence-electron chi connectivity index (χ3n) is 9.26. The first-order valence-electron chi connectivity index (χ1n) is 24.3. The van der Waals surface area contributed by atoms with Gasteiger partial charge in [-0.25, -0.2) is 87.4 Å². The van der Waals surface area contributed by atoms with Crippen molar-refractivity contribution in [1.29, 1.82) is 0 Å². The lowest BCUT2D eigenvalue weighted by Crippen LogP contribution is -2.46. The topological polar surface area (TPSA) is 278 Å². The molecule has 0 saturated carbocycles. The van der Waals surface area contributed by atoms with Gasteiger partial charge in [0.15, 0.2) is 0 Å². The van der Waals surface area contributed by atoms with Crippen molar-refractivity contribution in [2.45, 2.75) is 120 Å². The molecular weight excluding hydrogens is 1020 g/mol. The monoisotopic (exact) mass is 1110 g/mol. The van der Waals surface area contributed by atoms with Crippen LogP contribution in [0, 0.1) is 10.8 Å². The Bertz CT molecular complexity index is 1590. The zero-order chi connectivity index (χ0) is 58.7. The largest absolute Gasteiger partial charge is 0.457 e. The SMILES string of the molecule is C=C(C)C(=O)OC(C)COOCC(COCC(COOCC(C)OC(=O)C(=C)C)(COOCC(C)OC(=O)C(=C)C)COOCC(C)OC(=O)C(=C)C)(COOCC(C)OC(=O)C(=C)C)COOCC(C)OC(=O)C(=C)C. The van der Waals surface area contributed by atoms with E-state index >= 15 is 0 Å². The van der Waals surface area contributed by atoms with Crippen molar-refractivity contribution in [1.82, 2.24) is 0 Å². The number of rotatable bonds is 46. The summed E-state index contributed by atoms with van der Waals surface area (Å²) in [6.07, 6.45) is -4.80. The fourth-order valence-electron chi connectivity index (χ4n) is 4.75. The molecule has 0 aromatic carbocycles. The third-order valence-corrected chi connectivity index (χ3v) is 9.26. The zero-order valence-electron chi connectivity index (χ0n) is 46.8. The maximum atomic E-state index is 12.2. The lowest BCUT2D eigenvalue weighted by molar-refractivity contribution is -0.385. The van der Waals surface area contributed by atoms with Gasteiger partial charge in [0.05, 0.1) is 63.7 Å². The van der Waals surface area contributed by atoms with Crippen LogP contribution in [0.15, 0.2) is 72.9 Å². The van der Waals surface area contributed by atoms with Crippen LogP contribution < -0.4 is 0 Å². The van der Waals surface area contributed by atoms with E-state index in [9.17, 15) is 28.8 Å². The van der Waals surface area contributed by atoms with Crippen molar-refractivity contribution in [2.75, 3.05) is 92.5 Å². The zero-order valence-corrected chi connectivity index (χ0v) is 46.8. The molecule has 0 amide bonds. The van der Waals surface area contributed by atoms with E-state index in [1.807, 2.05) is 0 Å². The van der Waals surface area contributed by atoms with Gasteiger partial charge < -0.3 is 33.2 Å². The van der Waals surface area contributed by atoms with E-state index in [4.69, 9.17) is 91.8 Å². The van der Waals surface area contributed by atoms with Gasteiger partial charge in [-0.3, -0.25) is 0 Å². The van der Waals surface area contributed by atoms with E-state index in [0.717, 1.165) is 0 Å². The lowest BCUT2D eigenvalue weighted by Gasteiger charge is -2.35. The number of ether oxygens (including phenoxy) is 7. The predicted octanol–water partition coefficient (Wildman–Crippen LogP) is 5.71. The van der Waals surface area contributed by atoms with Crippen LogP contribution in [0.5, 0.6) is 0 Å². The molecule has 25 nitrogen and oxygen atoms in total. The van der Waals surface area contributed by atoms with E-state index in [2.05, 4.69) is 39.5 Å². The Labute approximate surface area is 451 Å². The molecule has 0 heterocycles. The summed E-state index contributed by atoms with van der Waals surface area (Å²) in [4.78, 5) is 140. The van der Waals surface area contributed by atoms with Gasteiger partial charge in [0.1, 0.15) is 76.3 Å². The molecule has 0 aliphatic carbocycles. The first-order chi connectivity index (χ1) is 36.0. The van der Waals surface area contributed by atoms with Crippen LogP contribution in [-0.4, -0.2) is 165 Å². The fraction of sp³-hybridized carbons (Fsp3) is 0.654. The molecule has 0 aromatic heterocycles. The molecule has 0 bridgehead atoms. The van der Waals surface area contributed by atoms with Crippen molar-refractivity contribution in [3.63, 3.8) is 0 Å².